The number of nitrogen functional groups attached to an aromatic ring is 1. The summed E-state index contributed by atoms with van der Waals surface area (Å²) < 4.78 is 5.78. The molecule has 0 spiro atoms. The van der Waals surface area contributed by atoms with Crippen molar-refractivity contribution in [1.29, 1.82) is 0 Å². The molecule has 7 nitrogen and oxygen atoms in total. The lowest BCUT2D eigenvalue weighted by Crippen LogP contribution is -2.32. The van der Waals surface area contributed by atoms with Gasteiger partial charge in [0.25, 0.3) is 0 Å². The molecule has 2 aliphatic rings. The Balaban J connectivity index is 1.50. The maximum absolute atomic E-state index is 6.18. The van der Waals surface area contributed by atoms with Crippen molar-refractivity contribution < 1.29 is 9.57 Å². The van der Waals surface area contributed by atoms with Crippen LogP contribution < -0.4 is 20.9 Å². The summed E-state index contributed by atoms with van der Waals surface area (Å²) in [5.74, 6) is 0.972. The number of pyridine rings is 1. The second-order valence-corrected chi connectivity index (χ2v) is 7.73. The number of likely N-dealkylation sites (tertiary alicyclic amines) is 1. The summed E-state index contributed by atoms with van der Waals surface area (Å²) in [6.45, 7) is 7.18. The first kappa shape index (κ1) is 19.8. The highest BCUT2D eigenvalue weighted by molar-refractivity contribution is 5.80. The third-order valence-corrected chi connectivity index (χ3v) is 5.41. The van der Waals surface area contributed by atoms with Crippen molar-refractivity contribution in [3.8, 4) is 5.88 Å². The van der Waals surface area contributed by atoms with E-state index < -0.39 is 0 Å². The van der Waals surface area contributed by atoms with E-state index >= 15 is 0 Å². The third-order valence-electron chi connectivity index (χ3n) is 5.41. The molecule has 3 N–H and O–H groups in total. The Morgan fingerprint density at radius 1 is 1.17 bits per heavy atom. The molecule has 2 aliphatic heterocycles. The lowest BCUT2D eigenvalue weighted by molar-refractivity contribution is 0.114. The van der Waals surface area contributed by atoms with Gasteiger partial charge in [-0.05, 0) is 43.5 Å². The van der Waals surface area contributed by atoms with Crippen LogP contribution in [0.25, 0.3) is 0 Å². The predicted molar refractivity (Wildman–Crippen MR) is 116 cm³/mol. The number of unbranched alkanes of at least 4 members (excludes halogenated alkanes) is 1. The van der Waals surface area contributed by atoms with Gasteiger partial charge in [-0.3, -0.25) is 9.74 Å². The van der Waals surface area contributed by atoms with Crippen LogP contribution in [0.1, 0.15) is 43.7 Å². The molecule has 1 saturated heterocycles. The van der Waals surface area contributed by atoms with Crippen LogP contribution >= 0.6 is 0 Å². The number of fused-ring (bicyclic) bond motifs is 1. The van der Waals surface area contributed by atoms with Crippen molar-refractivity contribution in [1.82, 2.24) is 9.88 Å². The van der Waals surface area contributed by atoms with Crippen molar-refractivity contribution in [2.75, 3.05) is 42.5 Å². The van der Waals surface area contributed by atoms with Gasteiger partial charge in [0.05, 0.1) is 18.8 Å². The molecular weight excluding hydrogens is 366 g/mol. The Kier molecular flexibility index (Phi) is 6.36. The van der Waals surface area contributed by atoms with E-state index in [0.29, 0.717) is 31.6 Å². The second kappa shape index (κ2) is 9.33. The molecule has 29 heavy (non-hydrogen) atoms. The number of nitrogens with one attached hydrogen (secondary N) is 1. The summed E-state index contributed by atoms with van der Waals surface area (Å²) in [5, 5.41) is 5.07. The summed E-state index contributed by atoms with van der Waals surface area (Å²) in [6, 6.07) is 10.6. The zero-order valence-electron chi connectivity index (χ0n) is 17.2. The highest BCUT2D eigenvalue weighted by Gasteiger charge is 2.22. The molecule has 2 aromatic rings. The molecule has 0 saturated carbocycles. The fourth-order valence-electron chi connectivity index (χ4n) is 3.87. The van der Waals surface area contributed by atoms with Gasteiger partial charge in [0.1, 0.15) is 12.4 Å². The number of aromatic nitrogens is 1. The molecule has 1 fully saturated rings. The molecule has 1 aromatic carbocycles. The van der Waals surface area contributed by atoms with Crippen molar-refractivity contribution in [3.63, 3.8) is 0 Å². The van der Waals surface area contributed by atoms with Gasteiger partial charge in [0.2, 0.25) is 5.88 Å². The summed E-state index contributed by atoms with van der Waals surface area (Å²) in [4.78, 5) is 12.8. The van der Waals surface area contributed by atoms with E-state index in [1.807, 2.05) is 11.1 Å². The molecule has 4 rings (SSSR count). The largest absolute Gasteiger partial charge is 0.478 e. The van der Waals surface area contributed by atoms with Crippen molar-refractivity contribution in [3.05, 3.63) is 41.5 Å². The highest BCUT2D eigenvalue weighted by Crippen LogP contribution is 2.37. The fraction of sp³-hybridized carbons (Fsp3) is 0.500. The summed E-state index contributed by atoms with van der Waals surface area (Å²) in [5.41, 5.74) is 10.4. The molecule has 0 aliphatic carbocycles. The number of rotatable bonds is 8. The Morgan fingerprint density at radius 3 is 2.76 bits per heavy atom. The van der Waals surface area contributed by atoms with E-state index in [-0.39, 0.29) is 0 Å². The minimum atomic E-state index is 0.363. The number of anilines is 3. The first-order chi connectivity index (χ1) is 14.2. The summed E-state index contributed by atoms with van der Waals surface area (Å²) in [6.07, 6.45) is 4.68. The summed E-state index contributed by atoms with van der Waals surface area (Å²) >= 11 is 0. The van der Waals surface area contributed by atoms with E-state index in [4.69, 9.17) is 15.3 Å². The molecular formula is C22H31N5O2. The SMILES string of the molecule is CCCCOc1cc2c(c(N)n1)NCON2Cc1cccc(CN2CCCC2)c1. The number of nitrogens with two attached hydrogens (primary N) is 1. The Hall–Kier alpha value is -2.51. The Labute approximate surface area is 172 Å². The molecule has 156 valence electrons. The van der Waals surface area contributed by atoms with Crippen molar-refractivity contribution >= 4 is 17.2 Å². The molecule has 0 radical (unpaired) electrons. The van der Waals surface area contributed by atoms with E-state index in [1.54, 1.807) is 0 Å². The van der Waals surface area contributed by atoms with E-state index in [0.717, 1.165) is 30.8 Å². The normalized spacial score (nSPS) is 16.5. The fourth-order valence-corrected chi connectivity index (χ4v) is 3.87. The van der Waals surface area contributed by atoms with Gasteiger partial charge < -0.3 is 15.8 Å². The number of nitrogens with zero attached hydrogens (tertiary/aromatic N) is 3. The van der Waals surface area contributed by atoms with Crippen LogP contribution in [0.4, 0.5) is 17.2 Å². The first-order valence-electron chi connectivity index (χ1n) is 10.6. The van der Waals surface area contributed by atoms with Gasteiger partial charge >= 0.3 is 0 Å². The van der Waals surface area contributed by atoms with Crippen molar-refractivity contribution in [2.24, 2.45) is 0 Å². The standard InChI is InChI=1S/C22H31N5O2/c1-2-3-11-28-20-13-19-21(22(23)25-20)24-16-29-27(19)15-18-8-6-7-17(12-18)14-26-9-4-5-10-26/h6-8,12-13,24H,2-5,9-11,14-16H2,1H3,(H2,23,25). The number of benzene rings is 1. The van der Waals surface area contributed by atoms with Gasteiger partial charge in [0, 0.05) is 12.6 Å². The number of hydroxylamine groups is 1. The molecule has 0 atom stereocenters. The number of hydrogen-bond donors (Lipinski definition) is 2. The number of ether oxygens (including phenoxy) is 1. The third kappa shape index (κ3) is 4.92. The van der Waals surface area contributed by atoms with Crippen LogP contribution in [0.2, 0.25) is 0 Å². The monoisotopic (exact) mass is 397 g/mol. The highest BCUT2D eigenvalue weighted by atomic mass is 16.7. The predicted octanol–water partition coefficient (Wildman–Crippen LogP) is 3.76. The smallest absolute Gasteiger partial charge is 0.217 e. The van der Waals surface area contributed by atoms with Crippen LogP contribution in [0, 0.1) is 0 Å². The van der Waals surface area contributed by atoms with Crippen LogP contribution in [0.15, 0.2) is 30.3 Å². The topological polar surface area (TPSA) is 75.9 Å². The molecule has 3 heterocycles. The quantitative estimate of drug-likeness (QED) is 0.657. The van der Waals surface area contributed by atoms with E-state index in [9.17, 15) is 0 Å². The Bertz CT molecular complexity index is 823. The van der Waals surface area contributed by atoms with E-state index in [1.165, 1.54) is 37.1 Å². The van der Waals surface area contributed by atoms with Crippen molar-refractivity contribution in [2.45, 2.75) is 45.7 Å². The molecule has 0 bridgehead atoms. The number of hydrogen-bond acceptors (Lipinski definition) is 7. The van der Waals surface area contributed by atoms with Crippen LogP contribution in [-0.2, 0) is 17.9 Å². The van der Waals surface area contributed by atoms with Gasteiger partial charge in [0.15, 0.2) is 5.82 Å². The van der Waals surface area contributed by atoms with E-state index in [2.05, 4.69) is 46.4 Å². The first-order valence-corrected chi connectivity index (χ1v) is 10.6. The average molecular weight is 398 g/mol. The van der Waals surface area contributed by atoms with Crippen LogP contribution in [0.3, 0.4) is 0 Å². The van der Waals surface area contributed by atoms with Gasteiger partial charge in [-0.1, -0.05) is 37.6 Å². The molecule has 0 unspecified atom stereocenters. The maximum atomic E-state index is 6.18. The van der Waals surface area contributed by atoms with Gasteiger partial charge in [-0.15, -0.1) is 0 Å². The van der Waals surface area contributed by atoms with Crippen LogP contribution in [-0.4, -0.2) is 36.3 Å². The Morgan fingerprint density at radius 2 is 1.97 bits per heavy atom. The molecule has 1 aromatic heterocycles. The lowest BCUT2D eigenvalue weighted by atomic mass is 10.1. The average Bonchev–Trinajstić information content (AvgIpc) is 3.22. The molecule has 0 amide bonds. The van der Waals surface area contributed by atoms with Crippen LogP contribution in [0.5, 0.6) is 5.88 Å². The maximum Gasteiger partial charge on any atom is 0.217 e. The van der Waals surface area contributed by atoms with Gasteiger partial charge in [-0.25, -0.2) is 5.06 Å². The second-order valence-electron chi connectivity index (χ2n) is 7.73. The summed E-state index contributed by atoms with van der Waals surface area (Å²) in [7, 11) is 0. The minimum Gasteiger partial charge on any atom is -0.478 e. The minimum absolute atomic E-state index is 0.363. The zero-order chi connectivity index (χ0) is 20.1. The molecule has 7 heteroatoms. The lowest BCUT2D eigenvalue weighted by Gasteiger charge is -2.32. The van der Waals surface area contributed by atoms with Gasteiger partial charge in [-0.2, -0.15) is 4.98 Å². The zero-order valence-corrected chi connectivity index (χ0v) is 17.2.